The molecular formula is C28H17Br2ClN2O2. The molecule has 0 radical (unpaired) electrons. The van der Waals surface area contributed by atoms with Crippen molar-refractivity contribution in [1.82, 2.24) is 0 Å². The summed E-state index contributed by atoms with van der Waals surface area (Å²) < 4.78 is 1.49. The summed E-state index contributed by atoms with van der Waals surface area (Å²) >= 11 is 12.8. The Balaban J connectivity index is 1.84. The van der Waals surface area contributed by atoms with Crippen LogP contribution in [0.25, 0.3) is 0 Å². The molecule has 7 heteroatoms. The van der Waals surface area contributed by atoms with Crippen LogP contribution >= 0.6 is 43.5 Å². The highest BCUT2D eigenvalue weighted by molar-refractivity contribution is 9.10. The molecule has 172 valence electrons. The number of carbonyl (C=O) groups is 2. The highest BCUT2D eigenvalue weighted by atomic mass is 79.9. The van der Waals surface area contributed by atoms with E-state index in [1.54, 1.807) is 66.7 Å². The van der Waals surface area contributed by atoms with Crippen LogP contribution in [-0.2, 0) is 0 Å². The van der Waals surface area contributed by atoms with Crippen LogP contribution in [0.4, 0.5) is 0 Å². The van der Waals surface area contributed by atoms with Gasteiger partial charge in [-0.3, -0.25) is 9.59 Å². The first-order chi connectivity index (χ1) is 16.8. The monoisotopic (exact) mass is 606 g/mol. The number of rotatable bonds is 6. The summed E-state index contributed by atoms with van der Waals surface area (Å²) in [7, 11) is 0. The zero-order valence-electron chi connectivity index (χ0n) is 18.2. The zero-order chi connectivity index (χ0) is 25.2. The molecule has 0 heterocycles. The smallest absolute Gasteiger partial charge is 0.189 e. The number of Topliss-reactive ketones (excluding diaryl/α,β-unsaturated/α-hetero) is 2. The van der Waals surface area contributed by atoms with Crippen molar-refractivity contribution in [2.45, 2.75) is 12.3 Å². The molecule has 0 saturated carbocycles. The van der Waals surface area contributed by atoms with Gasteiger partial charge in [0.1, 0.15) is 0 Å². The normalized spacial score (nSPS) is 18.3. The van der Waals surface area contributed by atoms with Gasteiger partial charge in [0.05, 0.1) is 12.1 Å². The van der Waals surface area contributed by atoms with Crippen LogP contribution in [0.15, 0.2) is 93.4 Å². The standard InChI is InChI=1S/C28H17Br2ClN2O2/c29-21-5-1-3-18(11-21)25(34)14-20-13-24(27(35)19-4-2-6-22(30)12-19)26(28(20,15-32)16-33)17-7-9-23(31)10-8-17/h1-13,20,26H,14H2/t20-,26+/m1/s1. The maximum absolute atomic E-state index is 13.7. The summed E-state index contributed by atoms with van der Waals surface area (Å²) in [6.07, 6.45) is 1.56. The second-order valence-electron chi connectivity index (χ2n) is 8.28. The summed E-state index contributed by atoms with van der Waals surface area (Å²) in [5.74, 6) is -2.13. The Labute approximate surface area is 225 Å². The van der Waals surface area contributed by atoms with E-state index in [0.29, 0.717) is 27.3 Å². The van der Waals surface area contributed by atoms with Crippen LogP contribution in [0.1, 0.15) is 38.6 Å². The van der Waals surface area contributed by atoms with Gasteiger partial charge in [-0.1, -0.05) is 85.9 Å². The Bertz CT molecular complexity index is 1420. The van der Waals surface area contributed by atoms with E-state index in [9.17, 15) is 20.1 Å². The third kappa shape index (κ3) is 4.88. The molecule has 4 nitrogen and oxygen atoms in total. The third-order valence-electron chi connectivity index (χ3n) is 6.21. The lowest BCUT2D eigenvalue weighted by Gasteiger charge is -2.29. The molecule has 0 spiro atoms. The van der Waals surface area contributed by atoms with Gasteiger partial charge < -0.3 is 0 Å². The van der Waals surface area contributed by atoms with Crippen molar-refractivity contribution >= 4 is 55.0 Å². The highest BCUT2D eigenvalue weighted by Crippen LogP contribution is 2.54. The van der Waals surface area contributed by atoms with Crippen molar-refractivity contribution in [3.05, 3.63) is 115 Å². The lowest BCUT2D eigenvalue weighted by molar-refractivity contribution is 0.0955. The van der Waals surface area contributed by atoms with E-state index in [4.69, 9.17) is 11.6 Å². The number of nitrogens with zero attached hydrogens (tertiary/aromatic N) is 2. The number of nitriles is 2. The maximum atomic E-state index is 13.7. The van der Waals surface area contributed by atoms with Gasteiger partial charge in [0.15, 0.2) is 17.0 Å². The van der Waals surface area contributed by atoms with Crippen LogP contribution in [0.2, 0.25) is 5.02 Å². The molecule has 2 atom stereocenters. The zero-order valence-corrected chi connectivity index (χ0v) is 22.1. The van der Waals surface area contributed by atoms with E-state index in [1.165, 1.54) is 0 Å². The predicted molar refractivity (Wildman–Crippen MR) is 141 cm³/mol. The maximum Gasteiger partial charge on any atom is 0.189 e. The summed E-state index contributed by atoms with van der Waals surface area (Å²) in [4.78, 5) is 26.9. The average molecular weight is 609 g/mol. The number of benzene rings is 3. The van der Waals surface area contributed by atoms with E-state index >= 15 is 0 Å². The molecule has 0 aliphatic heterocycles. The average Bonchev–Trinajstić information content (AvgIpc) is 3.18. The van der Waals surface area contributed by atoms with Crippen LogP contribution in [0, 0.1) is 34.0 Å². The molecule has 0 unspecified atom stereocenters. The molecule has 0 saturated heterocycles. The largest absolute Gasteiger partial charge is 0.294 e. The lowest BCUT2D eigenvalue weighted by Crippen LogP contribution is -2.32. The van der Waals surface area contributed by atoms with Crippen LogP contribution < -0.4 is 0 Å². The van der Waals surface area contributed by atoms with Gasteiger partial charge >= 0.3 is 0 Å². The van der Waals surface area contributed by atoms with Crippen molar-refractivity contribution in [2.24, 2.45) is 11.3 Å². The first-order valence-electron chi connectivity index (χ1n) is 10.7. The fraction of sp³-hybridized carbons (Fsp3) is 0.143. The first-order valence-corrected chi connectivity index (χ1v) is 12.6. The fourth-order valence-corrected chi connectivity index (χ4v) is 5.45. The summed E-state index contributed by atoms with van der Waals surface area (Å²) in [5, 5.41) is 21.2. The SMILES string of the molecule is N#CC1(C#N)[C@@H](CC(=O)c2cccc(Br)c2)C=C(C(=O)c2cccc(Br)c2)[C@@H]1c1ccc(Cl)cc1. The summed E-state index contributed by atoms with van der Waals surface area (Å²) in [6, 6.07) is 25.0. The lowest BCUT2D eigenvalue weighted by atomic mass is 9.67. The Morgan fingerprint density at radius 2 is 1.46 bits per heavy atom. The van der Waals surface area contributed by atoms with Gasteiger partial charge in [-0.2, -0.15) is 10.5 Å². The minimum absolute atomic E-state index is 0.0864. The van der Waals surface area contributed by atoms with E-state index in [-0.39, 0.29) is 18.0 Å². The highest BCUT2D eigenvalue weighted by Gasteiger charge is 2.54. The summed E-state index contributed by atoms with van der Waals surface area (Å²) in [6.45, 7) is 0. The van der Waals surface area contributed by atoms with Gasteiger partial charge in [-0.25, -0.2) is 0 Å². The first kappa shape index (κ1) is 25.1. The summed E-state index contributed by atoms with van der Waals surface area (Å²) in [5.41, 5.74) is 0.178. The molecule has 0 aromatic heterocycles. The second kappa shape index (κ2) is 10.3. The molecule has 1 aliphatic carbocycles. The topological polar surface area (TPSA) is 81.7 Å². The number of hydrogen-bond donors (Lipinski definition) is 0. The van der Waals surface area contributed by atoms with Crippen molar-refractivity contribution in [3.63, 3.8) is 0 Å². The van der Waals surface area contributed by atoms with Gasteiger partial charge in [0.2, 0.25) is 0 Å². The third-order valence-corrected chi connectivity index (χ3v) is 7.44. The van der Waals surface area contributed by atoms with E-state index in [1.807, 2.05) is 12.1 Å². The number of halogens is 3. The number of ketones is 2. The molecule has 3 aromatic carbocycles. The van der Waals surface area contributed by atoms with Crippen LogP contribution in [0.3, 0.4) is 0 Å². The van der Waals surface area contributed by atoms with Gasteiger partial charge in [0.25, 0.3) is 0 Å². The van der Waals surface area contributed by atoms with Crippen molar-refractivity contribution < 1.29 is 9.59 Å². The Kier molecular flexibility index (Phi) is 7.38. The molecule has 1 aliphatic rings. The number of hydrogen-bond acceptors (Lipinski definition) is 4. The fourth-order valence-electron chi connectivity index (χ4n) is 4.52. The van der Waals surface area contributed by atoms with E-state index in [0.717, 1.165) is 8.95 Å². The van der Waals surface area contributed by atoms with E-state index in [2.05, 4.69) is 44.0 Å². The van der Waals surface area contributed by atoms with Crippen molar-refractivity contribution in [1.29, 1.82) is 10.5 Å². The Morgan fingerprint density at radius 3 is 2.03 bits per heavy atom. The van der Waals surface area contributed by atoms with Gasteiger partial charge in [-0.05, 0) is 42.0 Å². The second-order valence-corrected chi connectivity index (χ2v) is 10.6. The van der Waals surface area contributed by atoms with Crippen LogP contribution in [-0.4, -0.2) is 11.6 Å². The number of allylic oxidation sites excluding steroid dienone is 2. The van der Waals surface area contributed by atoms with E-state index < -0.39 is 17.3 Å². The minimum Gasteiger partial charge on any atom is -0.294 e. The molecule has 0 fully saturated rings. The molecule has 0 amide bonds. The van der Waals surface area contributed by atoms with Crippen molar-refractivity contribution in [2.75, 3.05) is 0 Å². The van der Waals surface area contributed by atoms with Crippen LogP contribution in [0.5, 0.6) is 0 Å². The molecular weight excluding hydrogens is 592 g/mol. The molecule has 3 aromatic rings. The molecule has 0 N–H and O–H groups in total. The molecule has 0 bridgehead atoms. The number of carbonyl (C=O) groups excluding carboxylic acids is 2. The molecule has 35 heavy (non-hydrogen) atoms. The minimum atomic E-state index is -1.65. The Hall–Kier alpha value is -3.03. The van der Waals surface area contributed by atoms with Gasteiger partial charge in [0, 0.05) is 48.9 Å². The predicted octanol–water partition coefficient (Wildman–Crippen LogP) is 7.69. The van der Waals surface area contributed by atoms with Crippen molar-refractivity contribution in [3.8, 4) is 12.1 Å². The van der Waals surface area contributed by atoms with Gasteiger partial charge in [-0.15, -0.1) is 0 Å². The Morgan fingerprint density at radius 1 is 0.886 bits per heavy atom. The quantitative estimate of drug-likeness (QED) is 0.269. The molecule has 4 rings (SSSR count).